The zero-order valence-corrected chi connectivity index (χ0v) is 13.2. The van der Waals surface area contributed by atoms with E-state index in [0.29, 0.717) is 30.2 Å². The zero-order chi connectivity index (χ0) is 16.1. The van der Waals surface area contributed by atoms with Crippen LogP contribution < -0.4 is 5.32 Å². The Morgan fingerprint density at radius 2 is 1.91 bits per heavy atom. The largest absolute Gasteiger partial charge is 0.355 e. The summed E-state index contributed by atoms with van der Waals surface area (Å²) in [5, 5.41) is 3.12. The summed E-state index contributed by atoms with van der Waals surface area (Å²) in [4.78, 5) is 18.1. The molecule has 0 radical (unpaired) electrons. The van der Waals surface area contributed by atoms with Crippen LogP contribution in [0, 0.1) is 5.82 Å². The van der Waals surface area contributed by atoms with E-state index < -0.39 is 5.82 Å². The third-order valence-corrected chi connectivity index (χ3v) is 3.53. The molecular weight excluding hydrogens is 305 g/mol. The number of anilines is 2. The molecule has 0 bridgehead atoms. The lowest BCUT2D eigenvalue weighted by Crippen LogP contribution is -2.31. The van der Waals surface area contributed by atoms with Gasteiger partial charge in [0.05, 0.1) is 5.02 Å². The van der Waals surface area contributed by atoms with Crippen molar-refractivity contribution in [1.82, 2.24) is 9.88 Å². The highest BCUT2D eigenvalue weighted by molar-refractivity contribution is 6.31. The standard InChI is InChI=1S/C16H17ClFN3O/c1-3-21(4-2)16(22)15-10-12(7-8-19-15)20-11-5-6-14(18)13(17)9-11/h5-10H,3-4H2,1-2H3,(H,19,20). The van der Waals surface area contributed by atoms with E-state index in [1.165, 1.54) is 12.1 Å². The molecule has 6 heteroatoms. The van der Waals surface area contributed by atoms with E-state index in [-0.39, 0.29) is 10.9 Å². The minimum absolute atomic E-state index is 0.0403. The minimum atomic E-state index is -0.473. The van der Waals surface area contributed by atoms with Gasteiger partial charge in [-0.05, 0) is 44.2 Å². The van der Waals surface area contributed by atoms with Gasteiger partial charge in [-0.15, -0.1) is 0 Å². The number of nitrogens with one attached hydrogen (secondary N) is 1. The number of halogens is 2. The SMILES string of the molecule is CCN(CC)C(=O)c1cc(Nc2ccc(F)c(Cl)c2)ccn1. The molecule has 0 unspecified atom stereocenters. The molecule has 0 fully saturated rings. The normalized spacial score (nSPS) is 10.4. The summed E-state index contributed by atoms with van der Waals surface area (Å²) in [7, 11) is 0. The van der Waals surface area contributed by atoms with E-state index in [1.807, 2.05) is 13.8 Å². The predicted molar refractivity (Wildman–Crippen MR) is 86.2 cm³/mol. The molecule has 116 valence electrons. The number of hydrogen-bond acceptors (Lipinski definition) is 3. The monoisotopic (exact) mass is 321 g/mol. The summed E-state index contributed by atoms with van der Waals surface area (Å²) in [6.07, 6.45) is 1.56. The molecule has 0 atom stereocenters. The van der Waals surface area contributed by atoms with Crippen LogP contribution in [0.4, 0.5) is 15.8 Å². The minimum Gasteiger partial charge on any atom is -0.355 e. The van der Waals surface area contributed by atoms with Crippen molar-refractivity contribution in [2.45, 2.75) is 13.8 Å². The van der Waals surface area contributed by atoms with E-state index in [1.54, 1.807) is 29.3 Å². The summed E-state index contributed by atoms with van der Waals surface area (Å²) in [5.74, 6) is -0.592. The van der Waals surface area contributed by atoms with Crippen molar-refractivity contribution in [2.75, 3.05) is 18.4 Å². The second-order valence-electron chi connectivity index (χ2n) is 4.66. The first-order valence-electron chi connectivity index (χ1n) is 7.02. The lowest BCUT2D eigenvalue weighted by molar-refractivity contribution is 0.0767. The van der Waals surface area contributed by atoms with E-state index in [9.17, 15) is 9.18 Å². The van der Waals surface area contributed by atoms with Crippen LogP contribution >= 0.6 is 11.6 Å². The molecule has 0 aliphatic rings. The average Bonchev–Trinajstić information content (AvgIpc) is 2.52. The molecule has 0 aliphatic heterocycles. The van der Waals surface area contributed by atoms with Crippen LogP contribution in [-0.4, -0.2) is 28.9 Å². The van der Waals surface area contributed by atoms with Gasteiger partial charge in [-0.2, -0.15) is 0 Å². The Morgan fingerprint density at radius 3 is 2.55 bits per heavy atom. The van der Waals surface area contributed by atoms with Crippen LogP contribution in [0.5, 0.6) is 0 Å². The molecule has 0 saturated heterocycles. The van der Waals surface area contributed by atoms with Crippen LogP contribution in [0.2, 0.25) is 5.02 Å². The van der Waals surface area contributed by atoms with E-state index in [0.717, 1.165) is 0 Å². The van der Waals surface area contributed by atoms with Gasteiger partial charge in [-0.1, -0.05) is 11.6 Å². The maximum absolute atomic E-state index is 13.2. The number of hydrogen-bond donors (Lipinski definition) is 1. The van der Waals surface area contributed by atoms with Crippen molar-refractivity contribution in [3.8, 4) is 0 Å². The number of amides is 1. The number of carbonyl (C=O) groups excluding carboxylic acids is 1. The second kappa shape index (κ2) is 7.22. The third-order valence-electron chi connectivity index (χ3n) is 3.24. The maximum atomic E-state index is 13.2. The number of aromatic nitrogens is 1. The molecule has 22 heavy (non-hydrogen) atoms. The fourth-order valence-corrected chi connectivity index (χ4v) is 2.22. The van der Waals surface area contributed by atoms with E-state index >= 15 is 0 Å². The quantitative estimate of drug-likeness (QED) is 0.901. The highest BCUT2D eigenvalue weighted by Crippen LogP contribution is 2.23. The first-order chi connectivity index (χ1) is 10.5. The van der Waals surface area contributed by atoms with Crippen LogP contribution in [0.25, 0.3) is 0 Å². The van der Waals surface area contributed by atoms with Gasteiger partial charge in [0, 0.05) is 30.7 Å². The summed E-state index contributed by atoms with van der Waals surface area (Å²) < 4.78 is 13.2. The molecule has 2 aromatic rings. The van der Waals surface area contributed by atoms with Gasteiger partial charge in [0.15, 0.2) is 0 Å². The first-order valence-corrected chi connectivity index (χ1v) is 7.40. The van der Waals surface area contributed by atoms with Crippen LogP contribution in [0.15, 0.2) is 36.5 Å². The highest BCUT2D eigenvalue weighted by Gasteiger charge is 2.14. The Morgan fingerprint density at radius 1 is 1.23 bits per heavy atom. The van der Waals surface area contributed by atoms with Crippen molar-refractivity contribution >= 4 is 28.9 Å². The Labute approximate surface area is 133 Å². The van der Waals surface area contributed by atoms with Crippen LogP contribution in [0.1, 0.15) is 24.3 Å². The molecule has 1 N–H and O–H groups in total. The average molecular weight is 322 g/mol. The lowest BCUT2D eigenvalue weighted by Gasteiger charge is -2.18. The smallest absolute Gasteiger partial charge is 0.272 e. The number of benzene rings is 1. The van der Waals surface area contributed by atoms with Gasteiger partial charge < -0.3 is 10.2 Å². The van der Waals surface area contributed by atoms with Gasteiger partial charge >= 0.3 is 0 Å². The lowest BCUT2D eigenvalue weighted by atomic mass is 10.2. The maximum Gasteiger partial charge on any atom is 0.272 e. The number of nitrogens with zero attached hydrogens (tertiary/aromatic N) is 2. The zero-order valence-electron chi connectivity index (χ0n) is 12.4. The highest BCUT2D eigenvalue weighted by atomic mass is 35.5. The summed E-state index contributed by atoms with van der Waals surface area (Å²) in [6, 6.07) is 7.75. The Hall–Kier alpha value is -2.14. The molecule has 0 aliphatic carbocycles. The van der Waals surface area contributed by atoms with Crippen LogP contribution in [-0.2, 0) is 0 Å². The topological polar surface area (TPSA) is 45.2 Å². The summed E-state index contributed by atoms with van der Waals surface area (Å²) in [5.41, 5.74) is 1.69. The third kappa shape index (κ3) is 3.74. The predicted octanol–water partition coefficient (Wildman–Crippen LogP) is 4.10. The Kier molecular flexibility index (Phi) is 5.33. The van der Waals surface area contributed by atoms with Crippen molar-refractivity contribution < 1.29 is 9.18 Å². The van der Waals surface area contributed by atoms with Gasteiger partial charge in [-0.25, -0.2) is 4.39 Å². The van der Waals surface area contributed by atoms with E-state index in [4.69, 9.17) is 11.6 Å². The Balaban J connectivity index is 2.21. The van der Waals surface area contributed by atoms with Gasteiger partial charge in [0.1, 0.15) is 11.5 Å². The van der Waals surface area contributed by atoms with Crippen LogP contribution in [0.3, 0.4) is 0 Å². The molecule has 1 aromatic heterocycles. The first kappa shape index (κ1) is 16.2. The number of rotatable bonds is 5. The molecule has 1 aromatic carbocycles. The molecule has 0 saturated carbocycles. The van der Waals surface area contributed by atoms with Crippen molar-refractivity contribution in [2.24, 2.45) is 0 Å². The molecule has 1 heterocycles. The molecular formula is C16H17ClFN3O. The number of pyridine rings is 1. The fraction of sp³-hybridized carbons (Fsp3) is 0.250. The molecule has 2 rings (SSSR count). The second-order valence-corrected chi connectivity index (χ2v) is 5.07. The number of carbonyl (C=O) groups is 1. The van der Waals surface area contributed by atoms with Gasteiger partial charge in [0.25, 0.3) is 5.91 Å². The van der Waals surface area contributed by atoms with Gasteiger partial charge in [-0.3, -0.25) is 9.78 Å². The van der Waals surface area contributed by atoms with Crippen molar-refractivity contribution in [3.05, 3.63) is 53.1 Å². The molecule has 0 spiro atoms. The van der Waals surface area contributed by atoms with Crippen molar-refractivity contribution in [3.63, 3.8) is 0 Å². The molecule has 1 amide bonds. The van der Waals surface area contributed by atoms with Gasteiger partial charge in [0.2, 0.25) is 0 Å². The summed E-state index contributed by atoms with van der Waals surface area (Å²) >= 11 is 5.75. The summed E-state index contributed by atoms with van der Waals surface area (Å²) in [6.45, 7) is 5.10. The van der Waals surface area contributed by atoms with E-state index in [2.05, 4.69) is 10.3 Å². The fourth-order valence-electron chi connectivity index (χ4n) is 2.04. The Bertz CT molecular complexity index is 674. The molecule has 4 nitrogen and oxygen atoms in total. The van der Waals surface area contributed by atoms with Crippen molar-refractivity contribution in [1.29, 1.82) is 0 Å².